The van der Waals surface area contributed by atoms with E-state index in [4.69, 9.17) is 0 Å². The fourth-order valence-corrected chi connectivity index (χ4v) is 2.86. The van der Waals surface area contributed by atoms with Gasteiger partial charge in [0.2, 0.25) is 0 Å². The second-order valence-corrected chi connectivity index (χ2v) is 6.11. The largest absolute Gasteiger partial charge is 0.358 e. The Morgan fingerprint density at radius 2 is 2.15 bits per heavy atom. The lowest BCUT2D eigenvalue weighted by atomic mass is 10.2. The van der Waals surface area contributed by atoms with Gasteiger partial charge in [-0.3, -0.25) is 0 Å². The topological polar surface area (TPSA) is 31.4 Å². The summed E-state index contributed by atoms with van der Waals surface area (Å²) < 4.78 is 0. The highest BCUT2D eigenvalue weighted by atomic mass is 15.2. The van der Waals surface area contributed by atoms with E-state index in [1.165, 1.54) is 44.3 Å². The van der Waals surface area contributed by atoms with Gasteiger partial charge in [0.1, 0.15) is 5.82 Å². The molecular formula is C16H26N4. The van der Waals surface area contributed by atoms with Gasteiger partial charge >= 0.3 is 0 Å². The normalized spacial score (nSPS) is 19.4. The van der Waals surface area contributed by atoms with Crippen molar-refractivity contribution >= 4 is 5.82 Å². The molecule has 4 heteroatoms. The van der Waals surface area contributed by atoms with Crippen molar-refractivity contribution in [3.63, 3.8) is 0 Å². The van der Waals surface area contributed by atoms with E-state index < -0.39 is 0 Å². The Bertz CT molecular complexity index is 424. The van der Waals surface area contributed by atoms with Crippen LogP contribution in [0, 0.1) is 0 Å². The number of rotatable bonds is 7. The molecular weight excluding hydrogens is 248 g/mol. The summed E-state index contributed by atoms with van der Waals surface area (Å²) in [7, 11) is 2.17. The smallest absolute Gasteiger partial charge is 0.132 e. The summed E-state index contributed by atoms with van der Waals surface area (Å²) in [6, 6.07) is 4.99. The number of hydrogen-bond acceptors (Lipinski definition) is 4. The molecule has 0 bridgehead atoms. The van der Waals surface area contributed by atoms with Crippen LogP contribution < -0.4 is 10.2 Å². The molecule has 1 saturated heterocycles. The molecule has 0 amide bonds. The highest BCUT2D eigenvalue weighted by Crippen LogP contribution is 2.21. The van der Waals surface area contributed by atoms with Gasteiger partial charge in [-0.15, -0.1) is 0 Å². The molecule has 1 saturated carbocycles. The van der Waals surface area contributed by atoms with Gasteiger partial charge in [-0.25, -0.2) is 4.98 Å². The zero-order valence-electron chi connectivity index (χ0n) is 12.5. The van der Waals surface area contributed by atoms with Gasteiger partial charge in [0.25, 0.3) is 0 Å². The molecule has 2 heterocycles. The summed E-state index contributed by atoms with van der Waals surface area (Å²) in [6.07, 6.45) is 7.30. The van der Waals surface area contributed by atoms with Gasteiger partial charge in [-0.1, -0.05) is 6.07 Å². The number of nitrogens with zero attached hydrogens (tertiary/aromatic N) is 3. The van der Waals surface area contributed by atoms with Gasteiger partial charge in [-0.2, -0.15) is 0 Å². The highest BCUT2D eigenvalue weighted by molar-refractivity contribution is 5.46. The van der Waals surface area contributed by atoms with Crippen LogP contribution in [0.5, 0.6) is 0 Å². The molecule has 1 aliphatic carbocycles. The minimum atomic E-state index is 0.748. The van der Waals surface area contributed by atoms with Crippen molar-refractivity contribution in [1.29, 1.82) is 0 Å². The van der Waals surface area contributed by atoms with E-state index in [0.717, 1.165) is 31.5 Å². The van der Waals surface area contributed by atoms with Crippen molar-refractivity contribution in [3.8, 4) is 0 Å². The van der Waals surface area contributed by atoms with Gasteiger partial charge < -0.3 is 15.1 Å². The summed E-state index contributed by atoms with van der Waals surface area (Å²) in [5.41, 5.74) is 1.32. The molecule has 0 atom stereocenters. The fourth-order valence-electron chi connectivity index (χ4n) is 2.86. The Morgan fingerprint density at radius 3 is 2.90 bits per heavy atom. The first-order valence-electron chi connectivity index (χ1n) is 7.94. The van der Waals surface area contributed by atoms with Crippen LogP contribution in [0.4, 0.5) is 5.82 Å². The minimum Gasteiger partial charge on any atom is -0.358 e. The summed E-state index contributed by atoms with van der Waals surface area (Å²) in [6.45, 7) is 5.70. The third-order valence-electron chi connectivity index (χ3n) is 4.34. The Kier molecular flexibility index (Phi) is 4.53. The molecule has 1 aliphatic heterocycles. The monoisotopic (exact) mass is 274 g/mol. The molecule has 2 aliphatic rings. The zero-order chi connectivity index (χ0) is 13.8. The second kappa shape index (κ2) is 6.55. The van der Waals surface area contributed by atoms with Gasteiger partial charge in [0.15, 0.2) is 0 Å². The van der Waals surface area contributed by atoms with E-state index >= 15 is 0 Å². The standard InChI is InChI=1S/C16H26N4/c1-19(11-12-20-9-2-3-10-20)16-14(5-4-8-17-16)13-18-15-6-7-15/h4-5,8,15,18H,2-3,6-7,9-13H2,1H3. The Hall–Kier alpha value is -1.13. The number of likely N-dealkylation sites (tertiary alicyclic amines) is 1. The third-order valence-corrected chi connectivity index (χ3v) is 4.34. The first-order valence-corrected chi connectivity index (χ1v) is 7.94. The summed E-state index contributed by atoms with van der Waals surface area (Å²) in [5.74, 6) is 1.14. The summed E-state index contributed by atoms with van der Waals surface area (Å²) >= 11 is 0. The molecule has 1 N–H and O–H groups in total. The quantitative estimate of drug-likeness (QED) is 0.822. The Balaban J connectivity index is 1.55. The lowest BCUT2D eigenvalue weighted by molar-refractivity contribution is 0.346. The average molecular weight is 274 g/mol. The molecule has 110 valence electrons. The predicted molar refractivity (Wildman–Crippen MR) is 83.0 cm³/mol. The molecule has 0 spiro atoms. The zero-order valence-corrected chi connectivity index (χ0v) is 12.5. The molecule has 0 aromatic carbocycles. The van der Waals surface area contributed by atoms with Crippen LogP contribution in [-0.4, -0.2) is 49.2 Å². The Morgan fingerprint density at radius 1 is 1.35 bits per heavy atom. The van der Waals surface area contributed by atoms with Crippen LogP contribution >= 0.6 is 0 Å². The average Bonchev–Trinajstić information content (AvgIpc) is 3.17. The SMILES string of the molecule is CN(CCN1CCCC1)c1ncccc1CNC1CC1. The third kappa shape index (κ3) is 3.70. The van der Waals surface area contributed by atoms with Crippen LogP contribution in [-0.2, 0) is 6.54 Å². The van der Waals surface area contributed by atoms with Crippen LogP contribution in [0.1, 0.15) is 31.2 Å². The molecule has 4 nitrogen and oxygen atoms in total. The number of likely N-dealkylation sites (N-methyl/N-ethyl adjacent to an activating group) is 1. The molecule has 3 rings (SSSR count). The van der Waals surface area contributed by atoms with Gasteiger partial charge in [0, 0.05) is 44.5 Å². The Labute approximate surface area is 122 Å². The number of hydrogen-bond donors (Lipinski definition) is 1. The maximum absolute atomic E-state index is 4.59. The van der Waals surface area contributed by atoms with Crippen molar-refractivity contribution < 1.29 is 0 Å². The summed E-state index contributed by atoms with van der Waals surface area (Å²) in [5, 5.41) is 3.59. The predicted octanol–water partition coefficient (Wildman–Crippen LogP) is 1.87. The van der Waals surface area contributed by atoms with E-state index in [-0.39, 0.29) is 0 Å². The van der Waals surface area contributed by atoms with Crippen LogP contribution in [0.15, 0.2) is 18.3 Å². The second-order valence-electron chi connectivity index (χ2n) is 6.11. The van der Waals surface area contributed by atoms with Crippen molar-refractivity contribution in [1.82, 2.24) is 15.2 Å². The molecule has 1 aromatic rings. The first-order chi connectivity index (χ1) is 9.83. The van der Waals surface area contributed by atoms with Gasteiger partial charge in [0.05, 0.1) is 0 Å². The lowest BCUT2D eigenvalue weighted by Crippen LogP contribution is -2.32. The number of aromatic nitrogens is 1. The van der Waals surface area contributed by atoms with Gasteiger partial charge in [-0.05, 0) is 44.8 Å². The molecule has 0 unspecified atom stereocenters. The fraction of sp³-hybridized carbons (Fsp3) is 0.688. The summed E-state index contributed by atoms with van der Waals surface area (Å²) in [4.78, 5) is 9.45. The number of pyridine rings is 1. The number of anilines is 1. The maximum Gasteiger partial charge on any atom is 0.132 e. The van der Waals surface area contributed by atoms with Crippen LogP contribution in [0.3, 0.4) is 0 Å². The van der Waals surface area contributed by atoms with Crippen molar-refractivity contribution in [2.24, 2.45) is 0 Å². The van der Waals surface area contributed by atoms with Crippen molar-refractivity contribution in [2.75, 3.05) is 38.1 Å². The van der Waals surface area contributed by atoms with E-state index in [1.54, 1.807) is 0 Å². The first kappa shape index (κ1) is 13.8. The number of nitrogens with one attached hydrogen (secondary N) is 1. The molecule has 20 heavy (non-hydrogen) atoms. The van der Waals surface area contributed by atoms with E-state index in [9.17, 15) is 0 Å². The molecule has 2 fully saturated rings. The van der Waals surface area contributed by atoms with E-state index in [2.05, 4.69) is 33.2 Å². The van der Waals surface area contributed by atoms with Crippen molar-refractivity contribution in [3.05, 3.63) is 23.9 Å². The molecule has 1 aromatic heterocycles. The lowest BCUT2D eigenvalue weighted by Gasteiger charge is -2.24. The molecule has 0 radical (unpaired) electrons. The van der Waals surface area contributed by atoms with E-state index in [1.807, 2.05) is 12.3 Å². The van der Waals surface area contributed by atoms with Crippen LogP contribution in [0.25, 0.3) is 0 Å². The van der Waals surface area contributed by atoms with Crippen LogP contribution in [0.2, 0.25) is 0 Å². The highest BCUT2D eigenvalue weighted by Gasteiger charge is 2.21. The van der Waals surface area contributed by atoms with Crippen molar-refractivity contribution in [2.45, 2.75) is 38.3 Å². The minimum absolute atomic E-state index is 0.748. The van der Waals surface area contributed by atoms with E-state index in [0.29, 0.717) is 0 Å². The maximum atomic E-state index is 4.59.